The third-order valence-electron chi connectivity index (χ3n) is 7.51. The molecule has 6 rings (SSSR count). The van der Waals surface area contributed by atoms with Crippen LogP contribution in [0.2, 0.25) is 0 Å². The zero-order chi connectivity index (χ0) is 25.6. The molecule has 1 atom stereocenters. The Morgan fingerprint density at radius 1 is 1.14 bits per heavy atom. The van der Waals surface area contributed by atoms with E-state index in [9.17, 15) is 4.79 Å². The van der Waals surface area contributed by atoms with E-state index in [1.807, 2.05) is 6.07 Å². The molecule has 10 heteroatoms. The lowest BCUT2D eigenvalue weighted by molar-refractivity contribution is 0.0644. The van der Waals surface area contributed by atoms with Crippen LogP contribution in [0.15, 0.2) is 30.6 Å². The van der Waals surface area contributed by atoms with Crippen molar-refractivity contribution in [2.75, 3.05) is 31.2 Å². The van der Waals surface area contributed by atoms with E-state index in [4.69, 9.17) is 20.9 Å². The molecule has 2 aliphatic heterocycles. The van der Waals surface area contributed by atoms with Crippen LogP contribution in [0.3, 0.4) is 0 Å². The van der Waals surface area contributed by atoms with E-state index < -0.39 is 5.91 Å². The first-order valence-electron chi connectivity index (χ1n) is 13.4. The maximum Gasteiger partial charge on any atom is 0.319 e. The largest absolute Gasteiger partial charge is 0.461 e. The standard InChI is InChI=1S/C22H26N6O3.C5H11N/c23-20(29)18-11-19(27-22(26-18)31-13-15-3-2-10-30-15)28-8-5-14(6-9-28)17-12-25-21-16(17)4-1-7-24-21;6-5-3-1-2-4-5/h1,4,7,11-12,14-15H,2-3,5-6,8-10,13H2,(H2,23,29)(H,24,25);5H,1-4,6H2. The Bertz CT molecular complexity index is 1180. The Morgan fingerprint density at radius 3 is 2.62 bits per heavy atom. The molecule has 1 amide bonds. The van der Waals surface area contributed by atoms with Gasteiger partial charge >= 0.3 is 6.01 Å². The molecule has 3 aromatic rings. The molecule has 0 spiro atoms. The molecule has 37 heavy (non-hydrogen) atoms. The van der Waals surface area contributed by atoms with Gasteiger partial charge in [0.2, 0.25) is 0 Å². The maximum atomic E-state index is 11.8. The van der Waals surface area contributed by atoms with Crippen LogP contribution < -0.4 is 21.1 Å². The number of hydrogen-bond donors (Lipinski definition) is 3. The molecule has 0 aromatic carbocycles. The number of primary amides is 1. The summed E-state index contributed by atoms with van der Waals surface area (Å²) < 4.78 is 11.3. The molecule has 5 heterocycles. The highest BCUT2D eigenvalue weighted by Gasteiger charge is 2.25. The average Bonchev–Trinajstić information content (AvgIpc) is 3.70. The van der Waals surface area contributed by atoms with Gasteiger partial charge in [-0.2, -0.15) is 9.97 Å². The average molecular weight is 508 g/mol. The SMILES string of the molecule is NC(=O)c1cc(N2CCC(c3c[nH]c4ncccc34)CC2)nc(OCC2CCCO2)n1.NC1CCCC1. The van der Waals surface area contributed by atoms with Crippen molar-refractivity contribution in [3.63, 3.8) is 0 Å². The van der Waals surface area contributed by atoms with Gasteiger partial charge in [-0.1, -0.05) is 12.8 Å². The van der Waals surface area contributed by atoms with Crippen molar-refractivity contribution in [1.82, 2.24) is 19.9 Å². The summed E-state index contributed by atoms with van der Waals surface area (Å²) in [5.41, 5.74) is 13.4. The van der Waals surface area contributed by atoms with E-state index in [1.165, 1.54) is 36.6 Å². The first-order valence-corrected chi connectivity index (χ1v) is 13.4. The fraction of sp³-hybridized carbons (Fsp3) is 0.556. The summed E-state index contributed by atoms with van der Waals surface area (Å²) in [6.07, 6.45) is 13.1. The number of piperidine rings is 1. The van der Waals surface area contributed by atoms with E-state index in [0.29, 0.717) is 24.4 Å². The summed E-state index contributed by atoms with van der Waals surface area (Å²) in [6.45, 7) is 2.76. The van der Waals surface area contributed by atoms with Crippen LogP contribution in [0.25, 0.3) is 11.0 Å². The van der Waals surface area contributed by atoms with E-state index >= 15 is 0 Å². The van der Waals surface area contributed by atoms with Crippen LogP contribution in [0.1, 0.15) is 73.3 Å². The molecule has 198 valence electrons. The molecule has 10 nitrogen and oxygen atoms in total. The monoisotopic (exact) mass is 507 g/mol. The van der Waals surface area contributed by atoms with Crippen molar-refractivity contribution in [2.24, 2.45) is 11.5 Å². The van der Waals surface area contributed by atoms with Gasteiger partial charge in [-0.15, -0.1) is 0 Å². The van der Waals surface area contributed by atoms with Gasteiger partial charge in [0, 0.05) is 49.6 Å². The van der Waals surface area contributed by atoms with Crippen LogP contribution in [-0.2, 0) is 4.74 Å². The van der Waals surface area contributed by atoms with Crippen molar-refractivity contribution in [2.45, 2.75) is 69.4 Å². The van der Waals surface area contributed by atoms with Crippen LogP contribution in [0.5, 0.6) is 6.01 Å². The highest BCUT2D eigenvalue weighted by molar-refractivity contribution is 5.91. The fourth-order valence-electron chi connectivity index (χ4n) is 5.40. The minimum Gasteiger partial charge on any atom is -0.461 e. The topological polar surface area (TPSA) is 145 Å². The number of rotatable bonds is 6. The number of anilines is 1. The first-order chi connectivity index (χ1) is 18.1. The number of carbonyl (C=O) groups is 1. The number of aromatic amines is 1. The van der Waals surface area contributed by atoms with Crippen LogP contribution in [0, 0.1) is 0 Å². The predicted octanol–water partition coefficient (Wildman–Crippen LogP) is 3.28. The number of hydrogen-bond acceptors (Lipinski definition) is 8. The minimum atomic E-state index is -0.591. The Hall–Kier alpha value is -3.24. The molecule has 1 aliphatic carbocycles. The lowest BCUT2D eigenvalue weighted by Crippen LogP contribution is -2.34. The van der Waals surface area contributed by atoms with Gasteiger partial charge < -0.3 is 30.8 Å². The number of nitrogens with two attached hydrogens (primary N) is 2. The highest BCUT2D eigenvalue weighted by atomic mass is 16.5. The molecule has 3 aliphatic rings. The van der Waals surface area contributed by atoms with Crippen LogP contribution >= 0.6 is 0 Å². The lowest BCUT2D eigenvalue weighted by atomic mass is 9.89. The number of fused-ring (bicyclic) bond motifs is 1. The maximum absolute atomic E-state index is 11.8. The van der Waals surface area contributed by atoms with Gasteiger partial charge in [0.1, 0.15) is 23.8 Å². The number of H-pyrrole nitrogens is 1. The predicted molar refractivity (Wildman–Crippen MR) is 142 cm³/mol. The molecular weight excluding hydrogens is 470 g/mol. The molecular formula is C27H37N7O3. The molecule has 3 aromatic heterocycles. The molecule has 1 saturated carbocycles. The summed E-state index contributed by atoms with van der Waals surface area (Å²) in [5.74, 6) is 0.527. The van der Waals surface area contributed by atoms with Crippen molar-refractivity contribution in [1.29, 1.82) is 0 Å². The molecule has 2 saturated heterocycles. The molecule has 1 unspecified atom stereocenters. The molecule has 5 N–H and O–H groups in total. The van der Waals surface area contributed by atoms with Crippen LogP contribution in [0.4, 0.5) is 5.82 Å². The molecule has 0 bridgehead atoms. The summed E-state index contributed by atoms with van der Waals surface area (Å²) in [6, 6.07) is 6.45. The van der Waals surface area contributed by atoms with Crippen molar-refractivity contribution >= 4 is 22.8 Å². The summed E-state index contributed by atoms with van der Waals surface area (Å²) in [5, 5.41) is 1.18. The number of carbonyl (C=O) groups excluding carboxylic acids is 1. The van der Waals surface area contributed by atoms with Crippen molar-refractivity contribution < 1.29 is 14.3 Å². The Labute approximate surface area is 217 Å². The number of pyridine rings is 1. The van der Waals surface area contributed by atoms with Crippen molar-refractivity contribution in [3.05, 3.63) is 41.9 Å². The van der Waals surface area contributed by atoms with Gasteiger partial charge in [0.15, 0.2) is 0 Å². The summed E-state index contributed by atoms with van der Waals surface area (Å²) >= 11 is 0. The van der Waals surface area contributed by atoms with Gasteiger partial charge in [-0.05, 0) is 62.1 Å². The summed E-state index contributed by atoms with van der Waals surface area (Å²) in [7, 11) is 0. The molecule has 3 fully saturated rings. The Kier molecular flexibility index (Phi) is 8.15. The normalized spacial score (nSPS) is 20.7. The smallest absolute Gasteiger partial charge is 0.319 e. The first kappa shape index (κ1) is 25.4. The number of amides is 1. The Balaban J connectivity index is 0.000000412. The van der Waals surface area contributed by atoms with E-state index in [0.717, 1.165) is 51.0 Å². The second-order valence-corrected chi connectivity index (χ2v) is 10.2. The number of aromatic nitrogens is 4. The van der Waals surface area contributed by atoms with Gasteiger partial charge in [-0.25, -0.2) is 4.98 Å². The number of ether oxygens (including phenoxy) is 2. The van der Waals surface area contributed by atoms with Gasteiger partial charge in [0.25, 0.3) is 5.91 Å². The number of nitrogens with one attached hydrogen (secondary N) is 1. The highest BCUT2D eigenvalue weighted by Crippen LogP contribution is 2.34. The van der Waals surface area contributed by atoms with Gasteiger partial charge in [0.05, 0.1) is 6.10 Å². The van der Waals surface area contributed by atoms with Gasteiger partial charge in [-0.3, -0.25) is 4.79 Å². The van der Waals surface area contributed by atoms with Crippen LogP contribution in [-0.4, -0.2) is 64.3 Å². The fourth-order valence-corrected chi connectivity index (χ4v) is 5.40. The van der Waals surface area contributed by atoms with E-state index in [1.54, 1.807) is 12.3 Å². The Morgan fingerprint density at radius 2 is 1.95 bits per heavy atom. The number of nitrogens with zero attached hydrogens (tertiary/aromatic N) is 4. The van der Waals surface area contributed by atoms with E-state index in [2.05, 4.69) is 37.1 Å². The van der Waals surface area contributed by atoms with Crippen molar-refractivity contribution in [3.8, 4) is 6.01 Å². The zero-order valence-electron chi connectivity index (χ0n) is 21.3. The lowest BCUT2D eigenvalue weighted by Gasteiger charge is -2.33. The molecule has 0 radical (unpaired) electrons. The summed E-state index contributed by atoms with van der Waals surface area (Å²) in [4.78, 5) is 30.4. The van der Waals surface area contributed by atoms with E-state index in [-0.39, 0.29) is 17.8 Å². The second kappa shape index (κ2) is 11.9. The quantitative estimate of drug-likeness (QED) is 0.461. The zero-order valence-corrected chi connectivity index (χ0v) is 21.3. The third kappa shape index (κ3) is 6.37. The third-order valence-corrected chi connectivity index (χ3v) is 7.51. The second-order valence-electron chi connectivity index (χ2n) is 10.2. The minimum absolute atomic E-state index is 0.0469.